The van der Waals surface area contributed by atoms with Crippen LogP contribution < -0.4 is 10.2 Å². The summed E-state index contributed by atoms with van der Waals surface area (Å²) >= 11 is 0. The number of carbonyl (C=O) groups is 1. The van der Waals surface area contributed by atoms with Crippen LogP contribution in [0.25, 0.3) is 21.9 Å². The molecule has 32 heavy (non-hydrogen) atoms. The van der Waals surface area contributed by atoms with Gasteiger partial charge in [-0.25, -0.2) is 9.97 Å². The summed E-state index contributed by atoms with van der Waals surface area (Å²) in [7, 11) is 4.13. The number of rotatable bonds is 4. The van der Waals surface area contributed by atoms with Crippen LogP contribution >= 0.6 is 0 Å². The van der Waals surface area contributed by atoms with Crippen molar-refractivity contribution in [3.05, 3.63) is 72.8 Å². The molecule has 1 aromatic carbocycles. The Hall–Kier alpha value is -3.71. The van der Waals surface area contributed by atoms with Crippen LogP contribution in [0.4, 0.5) is 11.6 Å². The lowest BCUT2D eigenvalue weighted by Gasteiger charge is -2.33. The van der Waals surface area contributed by atoms with Gasteiger partial charge in [0.15, 0.2) is 0 Å². The van der Waals surface area contributed by atoms with E-state index in [0.29, 0.717) is 11.4 Å². The Kier molecular flexibility index (Phi) is 5.33. The fraction of sp³-hybridized carbons (Fsp3) is 0.240. The molecule has 1 aliphatic rings. The van der Waals surface area contributed by atoms with Gasteiger partial charge in [0.25, 0.3) is 5.91 Å². The van der Waals surface area contributed by atoms with E-state index in [1.165, 1.54) is 0 Å². The van der Waals surface area contributed by atoms with E-state index in [4.69, 9.17) is 0 Å². The molecule has 3 aromatic heterocycles. The lowest BCUT2D eigenvalue weighted by atomic mass is 10.0. The minimum Gasteiger partial charge on any atom is -0.357 e. The van der Waals surface area contributed by atoms with Gasteiger partial charge in [0.05, 0.1) is 0 Å². The summed E-state index contributed by atoms with van der Waals surface area (Å²) in [6, 6.07) is 13.9. The average molecular weight is 427 g/mol. The van der Waals surface area contributed by atoms with Crippen molar-refractivity contribution in [1.29, 1.82) is 0 Å². The second-order valence-electron chi connectivity index (χ2n) is 8.34. The normalized spacial score (nSPS) is 14.6. The highest BCUT2D eigenvalue weighted by Crippen LogP contribution is 2.26. The van der Waals surface area contributed by atoms with Gasteiger partial charge in [0, 0.05) is 69.0 Å². The van der Waals surface area contributed by atoms with Crippen molar-refractivity contribution in [3.8, 4) is 11.1 Å². The molecule has 1 saturated heterocycles. The van der Waals surface area contributed by atoms with E-state index in [1.54, 1.807) is 18.5 Å². The van der Waals surface area contributed by atoms with Gasteiger partial charge in [-0.3, -0.25) is 4.79 Å². The Morgan fingerprint density at radius 1 is 0.906 bits per heavy atom. The first kappa shape index (κ1) is 20.2. The molecule has 7 nitrogen and oxygen atoms in total. The van der Waals surface area contributed by atoms with E-state index in [2.05, 4.69) is 62.6 Å². The molecular formula is C25H26N6O. The predicted octanol–water partition coefficient (Wildman–Crippen LogP) is 3.64. The van der Waals surface area contributed by atoms with Crippen molar-refractivity contribution in [1.82, 2.24) is 19.4 Å². The molecular weight excluding hydrogens is 400 g/mol. The quantitative estimate of drug-likeness (QED) is 0.540. The Morgan fingerprint density at radius 2 is 1.75 bits per heavy atom. The molecule has 0 aliphatic carbocycles. The van der Waals surface area contributed by atoms with Crippen LogP contribution in [0.5, 0.6) is 0 Å². The second kappa shape index (κ2) is 8.43. The van der Waals surface area contributed by atoms with Crippen LogP contribution in [0.1, 0.15) is 10.4 Å². The van der Waals surface area contributed by atoms with Crippen LogP contribution in [-0.2, 0) is 7.05 Å². The molecule has 5 rings (SSSR count). The fourth-order valence-electron chi connectivity index (χ4n) is 4.02. The Bertz CT molecular complexity index is 1270. The van der Waals surface area contributed by atoms with Gasteiger partial charge in [0.2, 0.25) is 0 Å². The fourth-order valence-corrected chi connectivity index (χ4v) is 4.02. The minimum absolute atomic E-state index is 0.186. The highest BCUT2D eigenvalue weighted by atomic mass is 16.1. The standard InChI is InChI=1S/C25H26N6O/c1-29-9-11-31(12-10-29)24-15-19(5-7-26-24)25(32)28-23-14-22-13-18(3-4-20(22)16-27-23)21-6-8-30(2)17-21/h3-8,13-17H,9-12H2,1-2H3,(H,27,28,32). The van der Waals surface area contributed by atoms with Gasteiger partial charge in [0.1, 0.15) is 11.6 Å². The number of anilines is 2. The summed E-state index contributed by atoms with van der Waals surface area (Å²) in [4.78, 5) is 26.3. The van der Waals surface area contributed by atoms with Crippen molar-refractivity contribution in [2.24, 2.45) is 7.05 Å². The van der Waals surface area contributed by atoms with E-state index in [1.807, 2.05) is 29.9 Å². The van der Waals surface area contributed by atoms with Crippen LogP contribution in [0.3, 0.4) is 0 Å². The Morgan fingerprint density at radius 3 is 2.53 bits per heavy atom. The smallest absolute Gasteiger partial charge is 0.257 e. The van der Waals surface area contributed by atoms with Crippen molar-refractivity contribution in [2.75, 3.05) is 43.4 Å². The number of aromatic nitrogens is 3. The first-order valence-corrected chi connectivity index (χ1v) is 10.8. The zero-order chi connectivity index (χ0) is 22.1. The number of amides is 1. The first-order valence-electron chi connectivity index (χ1n) is 10.8. The number of pyridine rings is 2. The molecule has 1 N–H and O–H groups in total. The van der Waals surface area contributed by atoms with Gasteiger partial charge in [-0.2, -0.15) is 0 Å². The number of carbonyl (C=O) groups excluding carboxylic acids is 1. The largest absolute Gasteiger partial charge is 0.357 e. The lowest BCUT2D eigenvalue weighted by Crippen LogP contribution is -2.44. The van der Waals surface area contributed by atoms with Crippen molar-refractivity contribution in [3.63, 3.8) is 0 Å². The third-order valence-electron chi connectivity index (χ3n) is 5.96. The molecule has 0 spiro atoms. The second-order valence-corrected chi connectivity index (χ2v) is 8.34. The summed E-state index contributed by atoms with van der Waals surface area (Å²) in [5.74, 6) is 1.18. The minimum atomic E-state index is -0.186. The van der Waals surface area contributed by atoms with Gasteiger partial charge in [-0.1, -0.05) is 12.1 Å². The Labute approximate surface area is 187 Å². The zero-order valence-electron chi connectivity index (χ0n) is 18.3. The molecule has 1 fully saturated rings. The van der Waals surface area contributed by atoms with Crippen molar-refractivity contribution < 1.29 is 4.79 Å². The number of fused-ring (bicyclic) bond motifs is 1. The van der Waals surface area contributed by atoms with Gasteiger partial charge >= 0.3 is 0 Å². The molecule has 0 atom stereocenters. The topological polar surface area (TPSA) is 66.3 Å². The molecule has 0 radical (unpaired) electrons. The molecule has 4 heterocycles. The molecule has 7 heteroatoms. The Balaban J connectivity index is 1.36. The number of nitrogens with one attached hydrogen (secondary N) is 1. The predicted molar refractivity (Wildman–Crippen MR) is 128 cm³/mol. The summed E-state index contributed by atoms with van der Waals surface area (Å²) in [6.07, 6.45) is 7.61. The van der Waals surface area contributed by atoms with Crippen LogP contribution in [0.2, 0.25) is 0 Å². The highest BCUT2D eigenvalue weighted by Gasteiger charge is 2.17. The maximum Gasteiger partial charge on any atom is 0.257 e. The van der Waals surface area contributed by atoms with E-state index >= 15 is 0 Å². The van der Waals surface area contributed by atoms with Crippen molar-refractivity contribution in [2.45, 2.75) is 0 Å². The number of benzene rings is 1. The summed E-state index contributed by atoms with van der Waals surface area (Å²) in [5, 5.41) is 5.01. The van der Waals surface area contributed by atoms with Crippen LogP contribution in [-0.4, -0.2) is 58.6 Å². The number of aryl methyl sites for hydroxylation is 1. The van der Waals surface area contributed by atoms with Crippen molar-refractivity contribution >= 4 is 28.3 Å². The molecule has 0 bridgehead atoms. The average Bonchev–Trinajstić information content (AvgIpc) is 3.25. The van der Waals surface area contributed by atoms with Gasteiger partial charge in [-0.05, 0) is 53.9 Å². The molecule has 162 valence electrons. The van der Waals surface area contributed by atoms with E-state index in [0.717, 1.165) is 53.9 Å². The molecule has 1 amide bonds. The van der Waals surface area contributed by atoms with E-state index < -0.39 is 0 Å². The number of hydrogen-bond donors (Lipinski definition) is 1. The molecule has 4 aromatic rings. The number of hydrogen-bond acceptors (Lipinski definition) is 5. The monoisotopic (exact) mass is 426 g/mol. The zero-order valence-corrected chi connectivity index (χ0v) is 18.3. The van der Waals surface area contributed by atoms with Crippen LogP contribution in [0, 0.1) is 0 Å². The maximum absolute atomic E-state index is 12.9. The first-order chi connectivity index (χ1) is 15.5. The highest BCUT2D eigenvalue weighted by molar-refractivity contribution is 6.05. The van der Waals surface area contributed by atoms with Gasteiger partial charge < -0.3 is 19.7 Å². The van der Waals surface area contributed by atoms with E-state index in [9.17, 15) is 4.79 Å². The molecule has 1 aliphatic heterocycles. The van der Waals surface area contributed by atoms with Crippen LogP contribution in [0.15, 0.2) is 67.3 Å². The lowest BCUT2D eigenvalue weighted by molar-refractivity contribution is 0.102. The number of likely N-dealkylation sites (N-methyl/N-ethyl adjacent to an activating group) is 1. The third kappa shape index (κ3) is 4.20. The SMILES string of the molecule is CN1CCN(c2cc(C(=O)Nc3cc4cc(-c5ccn(C)c5)ccc4cn3)ccn2)CC1. The molecule has 0 saturated carbocycles. The maximum atomic E-state index is 12.9. The number of piperazine rings is 1. The van der Waals surface area contributed by atoms with E-state index in [-0.39, 0.29) is 5.91 Å². The summed E-state index contributed by atoms with van der Waals surface area (Å²) in [5.41, 5.74) is 2.87. The third-order valence-corrected chi connectivity index (χ3v) is 5.96. The summed E-state index contributed by atoms with van der Waals surface area (Å²) in [6.45, 7) is 3.79. The molecule has 0 unspecified atom stereocenters. The number of nitrogens with zero attached hydrogens (tertiary/aromatic N) is 5. The summed E-state index contributed by atoms with van der Waals surface area (Å²) < 4.78 is 2.03. The van der Waals surface area contributed by atoms with Gasteiger partial charge in [-0.15, -0.1) is 0 Å².